The molecule has 3 aliphatic rings. The van der Waals surface area contributed by atoms with E-state index < -0.39 is 17.6 Å². The number of carbonyl (C=O) groups excluding carboxylic acids is 3. The Hall–Kier alpha value is -1.63. The molecule has 0 aromatic heterocycles. The van der Waals surface area contributed by atoms with Crippen molar-refractivity contribution in [1.29, 1.82) is 0 Å². The Kier molecular flexibility index (Phi) is 4.08. The quantitative estimate of drug-likeness (QED) is 0.723. The number of urea groups is 1. The Morgan fingerprint density at radius 2 is 1.91 bits per heavy atom. The van der Waals surface area contributed by atoms with Crippen LogP contribution >= 0.6 is 0 Å². The van der Waals surface area contributed by atoms with Crippen LogP contribution in [0.25, 0.3) is 0 Å². The number of imide groups is 1. The molecule has 1 saturated carbocycles. The Bertz CT molecular complexity index is 529. The molecule has 3 atom stereocenters. The lowest BCUT2D eigenvalue weighted by Crippen LogP contribution is -2.61. The molecule has 0 aromatic carbocycles. The van der Waals surface area contributed by atoms with Gasteiger partial charge in [0.15, 0.2) is 0 Å². The maximum absolute atomic E-state index is 12.9. The van der Waals surface area contributed by atoms with Crippen LogP contribution in [0.2, 0.25) is 0 Å². The Labute approximate surface area is 136 Å². The molecule has 23 heavy (non-hydrogen) atoms. The number of rotatable bonds is 2. The second-order valence-corrected chi connectivity index (χ2v) is 7.09. The van der Waals surface area contributed by atoms with E-state index in [4.69, 9.17) is 0 Å². The largest absolute Gasteiger partial charge is 0.335 e. The fraction of sp³-hybridized carbons (Fsp3) is 0.812. The highest BCUT2D eigenvalue weighted by molar-refractivity contribution is 6.10. The van der Waals surface area contributed by atoms with Crippen molar-refractivity contribution in [3.05, 3.63) is 0 Å². The Balaban J connectivity index is 1.77. The molecule has 0 bridgehead atoms. The zero-order chi connectivity index (χ0) is 16.8. The molecular weight excluding hydrogens is 296 g/mol. The predicted octanol–water partition coefficient (Wildman–Crippen LogP) is 0.448. The number of hydrogen-bond donors (Lipinski definition) is 2. The van der Waals surface area contributed by atoms with Crippen molar-refractivity contribution in [1.82, 2.24) is 20.4 Å². The van der Waals surface area contributed by atoms with Crippen molar-refractivity contribution in [2.45, 2.75) is 70.1 Å². The summed E-state index contributed by atoms with van der Waals surface area (Å²) in [5, 5.41) is 6.17. The van der Waals surface area contributed by atoms with Gasteiger partial charge in [0.05, 0.1) is 0 Å². The van der Waals surface area contributed by atoms with Crippen LogP contribution in [-0.4, -0.2) is 64.4 Å². The number of hydrogen-bond acceptors (Lipinski definition) is 4. The van der Waals surface area contributed by atoms with E-state index in [1.165, 1.54) is 0 Å². The first-order valence-electron chi connectivity index (χ1n) is 8.57. The molecule has 1 aliphatic carbocycles. The van der Waals surface area contributed by atoms with E-state index in [1.807, 2.05) is 13.8 Å². The van der Waals surface area contributed by atoms with Gasteiger partial charge < -0.3 is 15.5 Å². The second-order valence-electron chi connectivity index (χ2n) is 7.09. The van der Waals surface area contributed by atoms with Gasteiger partial charge in [-0.2, -0.15) is 0 Å². The molecule has 128 valence electrons. The average Bonchev–Trinajstić information content (AvgIpc) is 3.07. The van der Waals surface area contributed by atoms with Crippen LogP contribution in [0.5, 0.6) is 0 Å². The topological polar surface area (TPSA) is 81.8 Å². The van der Waals surface area contributed by atoms with Gasteiger partial charge in [0.25, 0.3) is 5.91 Å². The maximum Gasteiger partial charge on any atom is 0.325 e. The van der Waals surface area contributed by atoms with Crippen molar-refractivity contribution in [3.63, 3.8) is 0 Å². The van der Waals surface area contributed by atoms with Crippen molar-refractivity contribution in [2.75, 3.05) is 13.1 Å². The molecule has 2 heterocycles. The molecule has 0 aromatic rings. The molecule has 2 N–H and O–H groups in total. The number of nitrogens with zero attached hydrogens (tertiary/aromatic N) is 2. The summed E-state index contributed by atoms with van der Waals surface area (Å²) in [6, 6.07) is -0.937. The third kappa shape index (κ3) is 2.51. The van der Waals surface area contributed by atoms with Crippen molar-refractivity contribution >= 4 is 17.8 Å². The van der Waals surface area contributed by atoms with Crippen molar-refractivity contribution in [3.8, 4) is 0 Å². The third-order valence-corrected chi connectivity index (χ3v) is 5.71. The first-order chi connectivity index (χ1) is 10.9. The highest BCUT2D eigenvalue weighted by Crippen LogP contribution is 2.36. The fourth-order valence-corrected chi connectivity index (χ4v) is 4.03. The molecule has 1 spiro atoms. The van der Waals surface area contributed by atoms with Crippen LogP contribution in [0.3, 0.4) is 0 Å². The van der Waals surface area contributed by atoms with Gasteiger partial charge in [-0.05, 0) is 33.6 Å². The van der Waals surface area contributed by atoms with E-state index >= 15 is 0 Å². The van der Waals surface area contributed by atoms with Crippen LogP contribution in [0.1, 0.15) is 46.5 Å². The van der Waals surface area contributed by atoms with Gasteiger partial charge in [-0.1, -0.05) is 12.8 Å². The number of piperazine rings is 1. The minimum Gasteiger partial charge on any atom is -0.335 e. The van der Waals surface area contributed by atoms with Crippen molar-refractivity contribution in [2.24, 2.45) is 0 Å². The third-order valence-electron chi connectivity index (χ3n) is 5.71. The lowest BCUT2D eigenvalue weighted by Gasteiger charge is -2.40. The molecular formula is C16H26N4O3. The minimum absolute atomic E-state index is 0.0416. The van der Waals surface area contributed by atoms with E-state index in [0.717, 1.165) is 24.3 Å². The molecule has 7 heteroatoms. The molecule has 7 nitrogen and oxygen atoms in total. The maximum atomic E-state index is 12.9. The summed E-state index contributed by atoms with van der Waals surface area (Å²) >= 11 is 0. The molecule has 2 aliphatic heterocycles. The van der Waals surface area contributed by atoms with Gasteiger partial charge in [0, 0.05) is 25.2 Å². The highest BCUT2D eigenvalue weighted by atomic mass is 16.2. The van der Waals surface area contributed by atoms with Crippen molar-refractivity contribution < 1.29 is 14.4 Å². The summed E-state index contributed by atoms with van der Waals surface area (Å²) in [7, 11) is 0. The van der Waals surface area contributed by atoms with E-state index in [9.17, 15) is 14.4 Å². The number of nitrogens with one attached hydrogen (secondary N) is 2. The SMILES string of the molecule is CC1NCCN(C(=O)C(C)N2C(=O)NC3(CCCC3)C2=O)C1C. The first-order valence-corrected chi connectivity index (χ1v) is 8.57. The smallest absolute Gasteiger partial charge is 0.325 e. The predicted molar refractivity (Wildman–Crippen MR) is 84.7 cm³/mol. The molecule has 0 radical (unpaired) electrons. The zero-order valence-electron chi connectivity index (χ0n) is 14.1. The number of amides is 4. The van der Waals surface area contributed by atoms with Crippen LogP contribution in [-0.2, 0) is 9.59 Å². The van der Waals surface area contributed by atoms with Gasteiger partial charge in [0.2, 0.25) is 5.91 Å². The molecule has 4 amide bonds. The summed E-state index contributed by atoms with van der Waals surface area (Å²) < 4.78 is 0. The average molecular weight is 322 g/mol. The summed E-state index contributed by atoms with van der Waals surface area (Å²) in [5.41, 5.74) is -0.756. The van der Waals surface area contributed by atoms with Gasteiger partial charge in [-0.25, -0.2) is 9.69 Å². The highest BCUT2D eigenvalue weighted by Gasteiger charge is 2.55. The van der Waals surface area contributed by atoms with E-state index in [1.54, 1.807) is 11.8 Å². The monoisotopic (exact) mass is 322 g/mol. The van der Waals surface area contributed by atoms with Crippen LogP contribution in [0, 0.1) is 0 Å². The van der Waals surface area contributed by atoms with Gasteiger partial charge in [-0.3, -0.25) is 9.59 Å². The Morgan fingerprint density at radius 1 is 1.26 bits per heavy atom. The standard InChI is InChI=1S/C16H26N4O3/c1-10-11(2)19(9-8-17-10)13(21)12(3)20-14(22)16(18-15(20)23)6-4-5-7-16/h10-12,17H,4-9H2,1-3H3,(H,18,23). The molecule has 3 fully saturated rings. The van der Waals surface area contributed by atoms with Crippen LogP contribution in [0.15, 0.2) is 0 Å². The lowest BCUT2D eigenvalue weighted by atomic mass is 9.97. The lowest BCUT2D eigenvalue weighted by molar-refractivity contribution is -0.145. The summed E-state index contributed by atoms with van der Waals surface area (Å²) in [5.74, 6) is -0.374. The summed E-state index contributed by atoms with van der Waals surface area (Å²) in [6.07, 6.45) is 3.23. The van der Waals surface area contributed by atoms with Crippen LogP contribution < -0.4 is 10.6 Å². The number of carbonyl (C=O) groups is 3. The normalized spacial score (nSPS) is 31.6. The van der Waals surface area contributed by atoms with E-state index in [-0.39, 0.29) is 23.9 Å². The second kappa shape index (κ2) is 5.78. The minimum atomic E-state index is -0.756. The molecule has 3 rings (SSSR count). The van der Waals surface area contributed by atoms with Gasteiger partial charge in [0.1, 0.15) is 11.6 Å². The van der Waals surface area contributed by atoms with E-state index in [0.29, 0.717) is 19.4 Å². The van der Waals surface area contributed by atoms with E-state index in [2.05, 4.69) is 10.6 Å². The van der Waals surface area contributed by atoms with Gasteiger partial charge >= 0.3 is 6.03 Å². The molecule has 2 saturated heterocycles. The van der Waals surface area contributed by atoms with Crippen LogP contribution in [0.4, 0.5) is 4.79 Å². The summed E-state index contributed by atoms with van der Waals surface area (Å²) in [6.45, 7) is 7.02. The first kappa shape index (κ1) is 16.2. The van der Waals surface area contributed by atoms with Gasteiger partial charge in [-0.15, -0.1) is 0 Å². The zero-order valence-corrected chi connectivity index (χ0v) is 14.1. The summed E-state index contributed by atoms with van der Waals surface area (Å²) in [4.78, 5) is 40.9. The molecule has 3 unspecified atom stereocenters. The fourth-order valence-electron chi connectivity index (χ4n) is 4.03. The Morgan fingerprint density at radius 3 is 2.57 bits per heavy atom.